The first-order valence-electron chi connectivity index (χ1n) is 22.0. The molecule has 14 aromatic rings. The van der Waals surface area contributed by atoms with Gasteiger partial charge in [0.1, 0.15) is 22.3 Å². The highest BCUT2D eigenvalue weighted by Gasteiger charge is 2.23. The fourth-order valence-electron chi connectivity index (χ4n) is 10.9. The standard InChI is InChI=1S/C62H36O2/c1-2-16-38(17-3-1)57-42-19-6-8-21-44(42)59(45-22-9-7-20-43(45)57)40-30-33-51-56(36-40)63-55-28-14-27-52(61(51)55)60-48-25-12-10-23-46(48)58(47-24-11-13-26-49(47)60)39-31-34-54-53(35-39)50-32-29-37-15-4-5-18-41(37)62(50)64-54/h1-36H. The summed E-state index contributed by atoms with van der Waals surface area (Å²) in [6, 6.07) is 79.2. The highest BCUT2D eigenvalue weighted by molar-refractivity contribution is 6.27. The molecule has 2 nitrogen and oxygen atoms in total. The van der Waals surface area contributed by atoms with Crippen molar-refractivity contribution in [3.05, 3.63) is 218 Å². The lowest BCUT2D eigenvalue weighted by Crippen LogP contribution is -1.91. The number of benzene rings is 12. The molecule has 0 aliphatic carbocycles. The third-order valence-electron chi connectivity index (χ3n) is 13.6. The van der Waals surface area contributed by atoms with Gasteiger partial charge in [-0.15, -0.1) is 0 Å². The minimum absolute atomic E-state index is 0.874. The molecule has 0 aliphatic heterocycles. The third-order valence-corrected chi connectivity index (χ3v) is 13.6. The average molecular weight is 813 g/mol. The van der Waals surface area contributed by atoms with Crippen molar-refractivity contribution in [2.24, 2.45) is 0 Å². The van der Waals surface area contributed by atoms with E-state index in [1.54, 1.807) is 0 Å². The van der Waals surface area contributed by atoms with Gasteiger partial charge in [0.2, 0.25) is 0 Å². The van der Waals surface area contributed by atoms with Crippen LogP contribution in [0.2, 0.25) is 0 Å². The number of furan rings is 2. The van der Waals surface area contributed by atoms with Crippen LogP contribution in [0.4, 0.5) is 0 Å². The maximum absolute atomic E-state index is 6.90. The quantitative estimate of drug-likeness (QED) is 0.166. The van der Waals surface area contributed by atoms with Gasteiger partial charge in [-0.2, -0.15) is 0 Å². The predicted octanol–water partition coefficient (Wildman–Crippen LogP) is 17.9. The summed E-state index contributed by atoms with van der Waals surface area (Å²) in [5, 5.41) is 16.5. The summed E-state index contributed by atoms with van der Waals surface area (Å²) in [7, 11) is 0. The molecule has 0 atom stereocenters. The molecule has 296 valence electrons. The lowest BCUT2D eigenvalue weighted by atomic mass is 9.84. The summed E-state index contributed by atoms with van der Waals surface area (Å²) in [4.78, 5) is 0. The van der Waals surface area contributed by atoms with Gasteiger partial charge in [0.15, 0.2) is 0 Å². The van der Waals surface area contributed by atoms with E-state index in [2.05, 4.69) is 218 Å². The molecule has 0 spiro atoms. The topological polar surface area (TPSA) is 26.3 Å². The molecule has 0 radical (unpaired) electrons. The number of rotatable bonds is 4. The van der Waals surface area contributed by atoms with Gasteiger partial charge < -0.3 is 8.83 Å². The molecule has 12 aromatic carbocycles. The highest BCUT2D eigenvalue weighted by Crippen LogP contribution is 2.49. The predicted molar refractivity (Wildman–Crippen MR) is 270 cm³/mol. The molecule has 2 heterocycles. The molecule has 0 bridgehead atoms. The summed E-state index contributed by atoms with van der Waals surface area (Å²) < 4.78 is 13.5. The van der Waals surface area contributed by atoms with Crippen LogP contribution in [0.25, 0.3) is 142 Å². The lowest BCUT2D eigenvalue weighted by Gasteiger charge is -2.18. The van der Waals surface area contributed by atoms with Crippen molar-refractivity contribution in [1.82, 2.24) is 0 Å². The van der Waals surface area contributed by atoms with Gasteiger partial charge in [-0.3, -0.25) is 0 Å². The van der Waals surface area contributed by atoms with Crippen LogP contribution < -0.4 is 0 Å². The zero-order chi connectivity index (χ0) is 41.9. The Hall–Kier alpha value is -8.46. The van der Waals surface area contributed by atoms with Gasteiger partial charge >= 0.3 is 0 Å². The van der Waals surface area contributed by atoms with Gasteiger partial charge in [-0.25, -0.2) is 0 Å². The minimum atomic E-state index is 0.874. The zero-order valence-electron chi connectivity index (χ0n) is 34.6. The molecular weight excluding hydrogens is 777 g/mol. The summed E-state index contributed by atoms with van der Waals surface area (Å²) >= 11 is 0. The Labute approximate surface area is 367 Å². The van der Waals surface area contributed by atoms with Gasteiger partial charge in [0.05, 0.1) is 0 Å². The molecule has 0 saturated heterocycles. The minimum Gasteiger partial charge on any atom is -0.456 e. The van der Waals surface area contributed by atoms with Crippen LogP contribution in [0.3, 0.4) is 0 Å². The van der Waals surface area contributed by atoms with Crippen molar-refractivity contribution in [3.8, 4) is 44.5 Å². The SMILES string of the molecule is c1ccc(-c2c3ccccc3c(-c3ccc4c(c3)oc3cccc(-c5c6ccccc6c(-c6ccc7oc8c9ccccc9ccc8c7c6)c6ccccc56)c34)c3ccccc23)cc1. The molecule has 64 heavy (non-hydrogen) atoms. The van der Waals surface area contributed by atoms with Crippen molar-refractivity contribution < 1.29 is 8.83 Å². The van der Waals surface area contributed by atoms with E-state index >= 15 is 0 Å². The van der Waals surface area contributed by atoms with E-state index in [-0.39, 0.29) is 0 Å². The first kappa shape index (κ1) is 35.2. The Bertz CT molecular complexity index is 4130. The molecule has 0 unspecified atom stereocenters. The van der Waals surface area contributed by atoms with Crippen LogP contribution in [0, 0.1) is 0 Å². The largest absolute Gasteiger partial charge is 0.456 e. The molecule has 14 rings (SSSR count). The fraction of sp³-hybridized carbons (Fsp3) is 0. The van der Waals surface area contributed by atoms with E-state index in [1.165, 1.54) is 81.9 Å². The Morgan fingerprint density at radius 3 is 1.36 bits per heavy atom. The van der Waals surface area contributed by atoms with Gasteiger partial charge in [0, 0.05) is 26.9 Å². The molecule has 0 aliphatic rings. The van der Waals surface area contributed by atoms with Crippen LogP contribution >= 0.6 is 0 Å². The molecule has 0 amide bonds. The van der Waals surface area contributed by atoms with Crippen molar-refractivity contribution in [3.63, 3.8) is 0 Å². The van der Waals surface area contributed by atoms with Crippen LogP contribution in [-0.4, -0.2) is 0 Å². The number of hydrogen-bond donors (Lipinski definition) is 0. The van der Waals surface area contributed by atoms with E-state index in [1.807, 2.05) is 0 Å². The van der Waals surface area contributed by atoms with Crippen molar-refractivity contribution in [2.45, 2.75) is 0 Å². The number of fused-ring (bicyclic) bond motifs is 12. The van der Waals surface area contributed by atoms with Crippen molar-refractivity contribution >= 4 is 97.7 Å². The van der Waals surface area contributed by atoms with E-state index in [0.717, 1.165) is 60.4 Å². The Morgan fingerprint density at radius 2 is 0.734 bits per heavy atom. The molecule has 2 aromatic heterocycles. The first-order chi connectivity index (χ1) is 31.8. The summed E-state index contributed by atoms with van der Waals surface area (Å²) in [6.07, 6.45) is 0. The second kappa shape index (κ2) is 13.5. The van der Waals surface area contributed by atoms with Crippen molar-refractivity contribution in [2.75, 3.05) is 0 Å². The monoisotopic (exact) mass is 812 g/mol. The maximum atomic E-state index is 6.90. The Kier molecular flexibility index (Phi) is 7.43. The molecule has 2 heteroatoms. The van der Waals surface area contributed by atoms with Crippen molar-refractivity contribution in [1.29, 1.82) is 0 Å². The third kappa shape index (κ3) is 5.02. The van der Waals surface area contributed by atoms with E-state index in [0.29, 0.717) is 0 Å². The van der Waals surface area contributed by atoms with Gasteiger partial charge in [0.25, 0.3) is 0 Å². The first-order valence-corrected chi connectivity index (χ1v) is 22.0. The second-order valence-electron chi connectivity index (χ2n) is 17.0. The molecule has 0 fully saturated rings. The number of hydrogen-bond acceptors (Lipinski definition) is 2. The van der Waals surface area contributed by atoms with E-state index in [4.69, 9.17) is 8.83 Å². The average Bonchev–Trinajstić information content (AvgIpc) is 3.93. The maximum Gasteiger partial charge on any atom is 0.143 e. The highest BCUT2D eigenvalue weighted by atomic mass is 16.3. The fourth-order valence-corrected chi connectivity index (χ4v) is 10.9. The summed E-state index contributed by atoms with van der Waals surface area (Å²) in [5.41, 5.74) is 13.2. The van der Waals surface area contributed by atoms with Crippen LogP contribution in [-0.2, 0) is 0 Å². The van der Waals surface area contributed by atoms with E-state index < -0.39 is 0 Å². The van der Waals surface area contributed by atoms with Crippen LogP contribution in [0.1, 0.15) is 0 Å². The van der Waals surface area contributed by atoms with Gasteiger partial charge in [-0.1, -0.05) is 182 Å². The molecule has 0 N–H and O–H groups in total. The Balaban J connectivity index is 0.987. The Morgan fingerprint density at radius 1 is 0.234 bits per heavy atom. The normalized spacial score (nSPS) is 12.1. The summed E-state index contributed by atoms with van der Waals surface area (Å²) in [6.45, 7) is 0. The zero-order valence-corrected chi connectivity index (χ0v) is 34.6. The lowest BCUT2D eigenvalue weighted by molar-refractivity contribution is 0.669. The molecule has 0 saturated carbocycles. The van der Waals surface area contributed by atoms with Crippen LogP contribution in [0.15, 0.2) is 227 Å². The van der Waals surface area contributed by atoms with E-state index in [9.17, 15) is 0 Å². The summed E-state index contributed by atoms with van der Waals surface area (Å²) in [5.74, 6) is 0. The second-order valence-corrected chi connectivity index (χ2v) is 17.0. The van der Waals surface area contributed by atoms with Crippen LogP contribution in [0.5, 0.6) is 0 Å². The molecular formula is C62H36O2. The van der Waals surface area contributed by atoms with Gasteiger partial charge in [-0.05, 0) is 129 Å². The smallest absolute Gasteiger partial charge is 0.143 e.